The maximum Gasteiger partial charge on any atom is 0.416 e. The topological polar surface area (TPSA) is 67.6 Å². The van der Waals surface area contributed by atoms with E-state index in [0.29, 0.717) is 24.4 Å². The molecule has 23 heavy (non-hydrogen) atoms. The molecular formula is C15H16F3N3O2. The van der Waals surface area contributed by atoms with Gasteiger partial charge in [-0.3, -0.25) is 15.1 Å². The molecule has 0 aromatic heterocycles. The van der Waals surface area contributed by atoms with E-state index in [2.05, 4.69) is 5.48 Å². The van der Waals surface area contributed by atoms with Crippen LogP contribution < -0.4 is 11.2 Å². The first-order chi connectivity index (χ1) is 10.8. The summed E-state index contributed by atoms with van der Waals surface area (Å²) in [7, 11) is 0. The van der Waals surface area contributed by atoms with Crippen molar-refractivity contribution < 1.29 is 22.8 Å². The van der Waals surface area contributed by atoms with Gasteiger partial charge in [0, 0.05) is 24.7 Å². The maximum absolute atomic E-state index is 12.8. The Labute approximate surface area is 130 Å². The number of nitrogens with two attached hydrogens (primary N) is 1. The molecule has 1 amide bonds. The summed E-state index contributed by atoms with van der Waals surface area (Å²) < 4.78 is 38.3. The molecule has 2 aliphatic rings. The molecule has 0 saturated carbocycles. The van der Waals surface area contributed by atoms with Gasteiger partial charge in [-0.2, -0.15) is 13.2 Å². The van der Waals surface area contributed by atoms with Gasteiger partial charge < -0.3 is 10.6 Å². The number of carbonyl (C=O) groups excluding carboxylic acids is 1. The fourth-order valence-electron chi connectivity index (χ4n) is 2.65. The van der Waals surface area contributed by atoms with Crippen LogP contribution in [0.5, 0.6) is 0 Å². The fraction of sp³-hybridized carbons (Fsp3) is 0.400. The van der Waals surface area contributed by atoms with Gasteiger partial charge in [-0.25, -0.2) is 0 Å². The van der Waals surface area contributed by atoms with Crippen LogP contribution >= 0.6 is 0 Å². The molecular weight excluding hydrogens is 311 g/mol. The van der Waals surface area contributed by atoms with E-state index in [4.69, 9.17) is 10.6 Å². The smallest absolute Gasteiger partial charge is 0.338 e. The van der Waals surface area contributed by atoms with Crippen LogP contribution in [0.25, 0.3) is 5.70 Å². The first-order valence-electron chi connectivity index (χ1n) is 7.20. The van der Waals surface area contributed by atoms with Crippen molar-refractivity contribution in [1.29, 1.82) is 0 Å². The van der Waals surface area contributed by atoms with E-state index in [0.717, 1.165) is 18.6 Å². The highest BCUT2D eigenvalue weighted by Crippen LogP contribution is 2.31. The highest BCUT2D eigenvalue weighted by molar-refractivity contribution is 5.86. The van der Waals surface area contributed by atoms with Gasteiger partial charge >= 0.3 is 6.18 Å². The second-order valence-corrected chi connectivity index (χ2v) is 5.63. The standard InChI is InChI=1S/C15H16F3N3O2/c16-15(17,18)10-3-1-2-9(6-10)12-7-13(23-20-12)14(22)21-5-4-11(19)8-21/h1-3,6-7,11,13,20H,4-5,8,19H2/t11-,13?/m0/s1. The lowest BCUT2D eigenvalue weighted by molar-refractivity contribution is -0.141. The van der Waals surface area contributed by atoms with E-state index < -0.39 is 17.8 Å². The first kappa shape index (κ1) is 15.8. The molecule has 0 aliphatic carbocycles. The number of carbonyl (C=O) groups is 1. The Morgan fingerprint density at radius 1 is 1.39 bits per heavy atom. The number of nitrogens with one attached hydrogen (secondary N) is 1. The van der Waals surface area contributed by atoms with Crippen LogP contribution in [-0.4, -0.2) is 36.0 Å². The lowest BCUT2D eigenvalue weighted by Crippen LogP contribution is -2.39. The van der Waals surface area contributed by atoms with Gasteiger partial charge in [-0.05, 0) is 24.6 Å². The minimum Gasteiger partial charge on any atom is -0.338 e. The summed E-state index contributed by atoms with van der Waals surface area (Å²) in [6.07, 6.45) is -3.06. The van der Waals surface area contributed by atoms with E-state index in [9.17, 15) is 18.0 Å². The number of rotatable bonds is 2. The number of likely N-dealkylation sites (tertiary alicyclic amines) is 1. The van der Waals surface area contributed by atoms with Crippen LogP contribution in [0.4, 0.5) is 13.2 Å². The number of hydrogen-bond donors (Lipinski definition) is 2. The van der Waals surface area contributed by atoms with Crippen molar-refractivity contribution >= 4 is 11.6 Å². The summed E-state index contributed by atoms with van der Waals surface area (Å²) in [6.45, 7) is 1.03. The zero-order valence-electron chi connectivity index (χ0n) is 12.1. The van der Waals surface area contributed by atoms with Crippen molar-refractivity contribution in [3.63, 3.8) is 0 Å². The van der Waals surface area contributed by atoms with E-state index in [-0.39, 0.29) is 11.9 Å². The lowest BCUT2D eigenvalue weighted by Gasteiger charge is -2.18. The van der Waals surface area contributed by atoms with Gasteiger partial charge in [0.25, 0.3) is 5.91 Å². The molecule has 1 aromatic carbocycles. The summed E-state index contributed by atoms with van der Waals surface area (Å²) in [6, 6.07) is 4.81. The Bertz CT molecular complexity index is 645. The van der Waals surface area contributed by atoms with Crippen LogP contribution in [0.2, 0.25) is 0 Å². The quantitative estimate of drug-likeness (QED) is 0.864. The zero-order valence-corrected chi connectivity index (χ0v) is 12.1. The van der Waals surface area contributed by atoms with E-state index in [1.165, 1.54) is 18.2 Å². The molecule has 1 aromatic rings. The average Bonchev–Trinajstić information content (AvgIpc) is 3.15. The molecule has 1 fully saturated rings. The summed E-state index contributed by atoms with van der Waals surface area (Å²) >= 11 is 0. The van der Waals surface area contributed by atoms with Crippen LogP contribution in [-0.2, 0) is 15.8 Å². The Hall–Kier alpha value is -2.06. The summed E-state index contributed by atoms with van der Waals surface area (Å²) in [5.41, 5.74) is 8.20. The Morgan fingerprint density at radius 3 is 2.83 bits per heavy atom. The van der Waals surface area contributed by atoms with Crippen LogP contribution in [0.1, 0.15) is 17.5 Å². The van der Waals surface area contributed by atoms with Crippen LogP contribution in [0.3, 0.4) is 0 Å². The fourth-order valence-corrected chi connectivity index (χ4v) is 2.65. The number of amides is 1. The molecule has 124 valence electrons. The van der Waals surface area contributed by atoms with Gasteiger partial charge in [-0.1, -0.05) is 12.1 Å². The third-order valence-corrected chi connectivity index (χ3v) is 3.89. The van der Waals surface area contributed by atoms with Gasteiger partial charge in [0.2, 0.25) is 0 Å². The van der Waals surface area contributed by atoms with Crippen LogP contribution in [0, 0.1) is 0 Å². The molecule has 0 bridgehead atoms. The number of hydroxylamine groups is 1. The van der Waals surface area contributed by atoms with E-state index in [1.807, 2.05) is 0 Å². The summed E-state index contributed by atoms with van der Waals surface area (Å²) in [4.78, 5) is 19.1. The molecule has 0 radical (unpaired) electrons. The molecule has 5 nitrogen and oxygen atoms in total. The van der Waals surface area contributed by atoms with Crippen molar-refractivity contribution in [3.8, 4) is 0 Å². The Balaban J connectivity index is 1.76. The second-order valence-electron chi connectivity index (χ2n) is 5.63. The highest BCUT2D eigenvalue weighted by atomic mass is 19.4. The van der Waals surface area contributed by atoms with E-state index in [1.54, 1.807) is 4.90 Å². The van der Waals surface area contributed by atoms with Gasteiger partial charge in [0.05, 0.1) is 11.3 Å². The molecule has 3 rings (SSSR count). The first-order valence-corrected chi connectivity index (χ1v) is 7.20. The molecule has 2 aliphatic heterocycles. The van der Waals surface area contributed by atoms with Crippen molar-refractivity contribution in [1.82, 2.24) is 10.4 Å². The number of alkyl halides is 3. The molecule has 2 heterocycles. The van der Waals surface area contributed by atoms with Crippen LogP contribution in [0.15, 0.2) is 30.3 Å². The predicted molar refractivity (Wildman–Crippen MR) is 76.6 cm³/mol. The van der Waals surface area contributed by atoms with E-state index >= 15 is 0 Å². The molecule has 0 spiro atoms. The molecule has 2 atom stereocenters. The normalized spacial score (nSPS) is 24.5. The number of hydrogen-bond acceptors (Lipinski definition) is 4. The monoisotopic (exact) mass is 327 g/mol. The molecule has 8 heteroatoms. The Kier molecular flexibility index (Phi) is 4.03. The Morgan fingerprint density at radius 2 is 2.17 bits per heavy atom. The van der Waals surface area contributed by atoms with Crippen molar-refractivity contribution in [2.45, 2.75) is 24.7 Å². The zero-order chi connectivity index (χ0) is 16.6. The average molecular weight is 327 g/mol. The number of benzene rings is 1. The lowest BCUT2D eigenvalue weighted by atomic mass is 10.1. The van der Waals surface area contributed by atoms with Gasteiger partial charge in [0.1, 0.15) is 0 Å². The molecule has 1 saturated heterocycles. The minimum absolute atomic E-state index is 0.0415. The highest BCUT2D eigenvalue weighted by Gasteiger charge is 2.34. The van der Waals surface area contributed by atoms with Crippen molar-refractivity contribution in [2.75, 3.05) is 13.1 Å². The van der Waals surface area contributed by atoms with Gasteiger partial charge in [-0.15, -0.1) is 0 Å². The van der Waals surface area contributed by atoms with Crippen molar-refractivity contribution in [3.05, 3.63) is 41.5 Å². The predicted octanol–water partition coefficient (Wildman–Crippen LogP) is 1.51. The largest absolute Gasteiger partial charge is 0.416 e. The third kappa shape index (κ3) is 3.32. The SMILES string of the molecule is N[C@H]1CCN(C(=O)C2C=C(c3cccc(C(F)(F)F)c3)NO2)C1. The minimum atomic E-state index is -4.42. The summed E-state index contributed by atoms with van der Waals surface area (Å²) in [5.74, 6) is -0.243. The number of nitrogens with zero attached hydrogens (tertiary/aromatic N) is 1. The molecule has 3 N–H and O–H groups in total. The maximum atomic E-state index is 12.8. The summed E-state index contributed by atoms with van der Waals surface area (Å²) in [5, 5.41) is 0. The number of halogens is 3. The van der Waals surface area contributed by atoms with Gasteiger partial charge in [0.15, 0.2) is 6.10 Å². The second kappa shape index (κ2) is 5.86. The van der Waals surface area contributed by atoms with Crippen molar-refractivity contribution in [2.24, 2.45) is 5.73 Å². The third-order valence-electron chi connectivity index (χ3n) is 3.89. The molecule has 1 unspecified atom stereocenters.